The lowest BCUT2D eigenvalue weighted by Crippen LogP contribution is -2.33. The second-order valence-corrected chi connectivity index (χ2v) is 5.71. The Morgan fingerprint density at radius 2 is 1.96 bits per heavy atom. The standard InChI is InChI=1S/C19H21N5O.HI/c1-14-5-7-15(8-6-14)18-24-17(13-25-18)12-23-19(20)22-11-9-16-4-2-3-10-21-16;/h2-8,10,13H,9,11-12H2,1H3,(H3,20,22,23);1H. The number of oxazole rings is 1. The van der Waals surface area contributed by atoms with Crippen molar-refractivity contribution in [3.8, 4) is 11.5 Å². The minimum atomic E-state index is 0. The first kappa shape index (κ1) is 19.9. The van der Waals surface area contributed by atoms with Gasteiger partial charge in [-0.3, -0.25) is 4.98 Å². The summed E-state index contributed by atoms with van der Waals surface area (Å²) in [5.74, 6) is 0.975. The molecular weight excluding hydrogens is 441 g/mol. The van der Waals surface area contributed by atoms with Crippen molar-refractivity contribution in [1.29, 1.82) is 0 Å². The van der Waals surface area contributed by atoms with Crippen molar-refractivity contribution in [3.05, 3.63) is 71.9 Å². The fraction of sp³-hybridized carbons (Fsp3) is 0.211. The number of nitrogens with two attached hydrogens (primary N) is 1. The molecule has 0 radical (unpaired) electrons. The summed E-state index contributed by atoms with van der Waals surface area (Å²) in [5.41, 5.74) is 9.78. The van der Waals surface area contributed by atoms with Crippen molar-refractivity contribution in [2.75, 3.05) is 6.54 Å². The Morgan fingerprint density at radius 3 is 2.69 bits per heavy atom. The quantitative estimate of drug-likeness (QED) is 0.333. The average Bonchev–Trinajstić information content (AvgIpc) is 3.10. The maximum absolute atomic E-state index is 5.88. The number of nitrogens with zero attached hydrogens (tertiary/aromatic N) is 3. The summed E-state index contributed by atoms with van der Waals surface area (Å²) in [6.45, 7) is 3.10. The van der Waals surface area contributed by atoms with Crippen molar-refractivity contribution in [2.24, 2.45) is 10.7 Å². The Balaban J connectivity index is 0.00000243. The molecule has 0 saturated carbocycles. The summed E-state index contributed by atoms with van der Waals surface area (Å²) in [5, 5.41) is 3.08. The molecule has 3 aromatic rings. The van der Waals surface area contributed by atoms with Gasteiger partial charge in [-0.2, -0.15) is 0 Å². The second kappa shape index (κ2) is 9.91. The largest absolute Gasteiger partial charge is 0.444 e. The minimum absolute atomic E-state index is 0. The number of hydrogen-bond acceptors (Lipinski definition) is 4. The number of aromatic nitrogens is 2. The molecule has 0 amide bonds. The lowest BCUT2D eigenvalue weighted by Gasteiger charge is -2.04. The summed E-state index contributed by atoms with van der Waals surface area (Å²) in [6.07, 6.45) is 4.18. The van der Waals surface area contributed by atoms with Gasteiger partial charge >= 0.3 is 0 Å². The Labute approximate surface area is 170 Å². The van der Waals surface area contributed by atoms with Crippen LogP contribution < -0.4 is 11.1 Å². The number of pyridine rings is 1. The van der Waals surface area contributed by atoms with E-state index in [9.17, 15) is 0 Å². The molecule has 2 heterocycles. The number of nitrogens with one attached hydrogen (secondary N) is 1. The molecule has 0 aliphatic rings. The highest BCUT2D eigenvalue weighted by molar-refractivity contribution is 14.0. The van der Waals surface area contributed by atoms with Crippen LogP contribution in [0.2, 0.25) is 0 Å². The monoisotopic (exact) mass is 463 g/mol. The number of guanidine groups is 1. The van der Waals surface area contributed by atoms with E-state index in [1.165, 1.54) is 5.56 Å². The Morgan fingerprint density at radius 1 is 1.15 bits per heavy atom. The Bertz CT molecular complexity index is 831. The molecule has 6 nitrogen and oxygen atoms in total. The van der Waals surface area contributed by atoms with Crippen molar-refractivity contribution in [2.45, 2.75) is 19.9 Å². The van der Waals surface area contributed by atoms with E-state index >= 15 is 0 Å². The molecule has 3 rings (SSSR count). The van der Waals surface area contributed by atoms with Gasteiger partial charge in [0.1, 0.15) is 12.0 Å². The summed E-state index contributed by atoms with van der Waals surface area (Å²) >= 11 is 0. The van der Waals surface area contributed by atoms with E-state index in [2.05, 4.69) is 20.3 Å². The summed E-state index contributed by atoms with van der Waals surface area (Å²) in [7, 11) is 0. The van der Waals surface area contributed by atoms with Crippen molar-refractivity contribution < 1.29 is 4.42 Å². The van der Waals surface area contributed by atoms with Crippen molar-refractivity contribution >= 4 is 29.9 Å². The number of aryl methyl sites for hydroxylation is 1. The van der Waals surface area contributed by atoms with Gasteiger partial charge in [-0.05, 0) is 31.2 Å². The molecular formula is C19H22IN5O. The van der Waals surface area contributed by atoms with Gasteiger partial charge in [0.2, 0.25) is 5.89 Å². The number of benzene rings is 1. The van der Waals surface area contributed by atoms with Gasteiger partial charge < -0.3 is 15.5 Å². The maximum Gasteiger partial charge on any atom is 0.226 e. The van der Waals surface area contributed by atoms with Gasteiger partial charge in [0, 0.05) is 30.4 Å². The fourth-order valence-electron chi connectivity index (χ4n) is 2.30. The van der Waals surface area contributed by atoms with Crippen LogP contribution in [0.15, 0.2) is 64.3 Å². The molecule has 0 aliphatic carbocycles. The third-order valence-corrected chi connectivity index (χ3v) is 3.68. The normalized spacial score (nSPS) is 11.0. The fourth-order valence-corrected chi connectivity index (χ4v) is 2.30. The number of aliphatic imine (C=N–C) groups is 1. The van der Waals surface area contributed by atoms with E-state index < -0.39 is 0 Å². The Hall–Kier alpha value is -2.42. The van der Waals surface area contributed by atoms with E-state index in [-0.39, 0.29) is 24.0 Å². The van der Waals surface area contributed by atoms with Crippen LogP contribution in [-0.4, -0.2) is 22.5 Å². The van der Waals surface area contributed by atoms with E-state index in [0.29, 0.717) is 24.9 Å². The predicted molar refractivity (Wildman–Crippen MR) is 113 cm³/mol. The third kappa shape index (κ3) is 5.83. The maximum atomic E-state index is 5.88. The summed E-state index contributed by atoms with van der Waals surface area (Å²) < 4.78 is 5.51. The number of halogens is 1. The van der Waals surface area contributed by atoms with E-state index in [0.717, 1.165) is 23.4 Å². The van der Waals surface area contributed by atoms with Crippen LogP contribution in [0.25, 0.3) is 11.5 Å². The minimum Gasteiger partial charge on any atom is -0.444 e. The summed E-state index contributed by atoms with van der Waals surface area (Å²) in [6, 6.07) is 13.9. The average molecular weight is 463 g/mol. The first-order valence-corrected chi connectivity index (χ1v) is 8.16. The van der Waals surface area contributed by atoms with Gasteiger partial charge in [-0.15, -0.1) is 24.0 Å². The molecule has 0 bridgehead atoms. The van der Waals surface area contributed by atoms with Gasteiger partial charge in [-0.1, -0.05) is 23.8 Å². The van der Waals surface area contributed by atoms with Crippen LogP contribution in [0.4, 0.5) is 0 Å². The molecule has 0 aliphatic heterocycles. The first-order chi connectivity index (χ1) is 12.2. The molecule has 136 valence electrons. The smallest absolute Gasteiger partial charge is 0.226 e. The Kier molecular flexibility index (Phi) is 7.58. The van der Waals surface area contributed by atoms with Crippen molar-refractivity contribution in [1.82, 2.24) is 15.3 Å². The molecule has 7 heteroatoms. The third-order valence-electron chi connectivity index (χ3n) is 3.68. The molecule has 0 atom stereocenters. The van der Waals surface area contributed by atoms with Crippen LogP contribution in [0.3, 0.4) is 0 Å². The zero-order valence-electron chi connectivity index (χ0n) is 14.6. The molecule has 0 spiro atoms. The second-order valence-electron chi connectivity index (χ2n) is 5.71. The van der Waals surface area contributed by atoms with Crippen LogP contribution in [0.5, 0.6) is 0 Å². The number of hydrogen-bond donors (Lipinski definition) is 2. The molecule has 1 aromatic carbocycles. The van der Waals surface area contributed by atoms with Crippen LogP contribution in [0, 0.1) is 6.92 Å². The van der Waals surface area contributed by atoms with Crippen molar-refractivity contribution in [3.63, 3.8) is 0 Å². The van der Waals surface area contributed by atoms with E-state index in [1.54, 1.807) is 12.5 Å². The molecule has 0 unspecified atom stereocenters. The molecule has 3 N–H and O–H groups in total. The van der Waals surface area contributed by atoms with Crippen LogP contribution in [-0.2, 0) is 13.0 Å². The highest BCUT2D eigenvalue weighted by Gasteiger charge is 2.06. The molecule has 26 heavy (non-hydrogen) atoms. The van der Waals surface area contributed by atoms with Gasteiger partial charge in [0.05, 0.1) is 6.54 Å². The van der Waals surface area contributed by atoms with E-state index in [4.69, 9.17) is 10.2 Å². The molecule has 0 fully saturated rings. The lowest BCUT2D eigenvalue weighted by molar-refractivity contribution is 0.572. The topological polar surface area (TPSA) is 89.3 Å². The molecule has 2 aromatic heterocycles. The van der Waals surface area contributed by atoms with Crippen LogP contribution >= 0.6 is 24.0 Å². The first-order valence-electron chi connectivity index (χ1n) is 8.16. The van der Waals surface area contributed by atoms with Crippen LogP contribution in [0.1, 0.15) is 17.0 Å². The summed E-state index contributed by atoms with van der Waals surface area (Å²) in [4.78, 5) is 13.0. The number of rotatable bonds is 6. The lowest BCUT2D eigenvalue weighted by atomic mass is 10.1. The van der Waals surface area contributed by atoms with Gasteiger partial charge in [-0.25, -0.2) is 9.98 Å². The van der Waals surface area contributed by atoms with Gasteiger partial charge in [0.15, 0.2) is 5.96 Å². The zero-order valence-corrected chi connectivity index (χ0v) is 16.9. The highest BCUT2D eigenvalue weighted by atomic mass is 127. The van der Waals surface area contributed by atoms with Gasteiger partial charge in [0.25, 0.3) is 0 Å². The zero-order chi connectivity index (χ0) is 17.5. The van der Waals surface area contributed by atoms with E-state index in [1.807, 2.05) is 49.4 Å². The predicted octanol–water partition coefficient (Wildman–Crippen LogP) is 3.31. The molecule has 0 saturated heterocycles. The SMILES string of the molecule is Cc1ccc(-c2nc(CN=C(N)NCCc3ccccn3)co2)cc1.I. The highest BCUT2D eigenvalue weighted by Crippen LogP contribution is 2.19.